The standard InChI is InChI=1S/C14H14BrNO2S2/c1-9-7-13(19-14(9)15)20(17,18)16-12-6-5-10-3-2-4-11(10)8-12/h5-8,16H,2-4H2,1H3. The summed E-state index contributed by atoms with van der Waals surface area (Å²) in [6.07, 6.45) is 3.29. The van der Waals surface area contributed by atoms with Crippen molar-refractivity contribution < 1.29 is 8.42 Å². The number of hydrogen-bond donors (Lipinski definition) is 1. The van der Waals surface area contributed by atoms with Crippen molar-refractivity contribution in [2.24, 2.45) is 0 Å². The number of nitrogens with one attached hydrogen (secondary N) is 1. The summed E-state index contributed by atoms with van der Waals surface area (Å²) in [5.74, 6) is 0. The zero-order valence-electron chi connectivity index (χ0n) is 10.9. The molecule has 3 rings (SSSR count). The van der Waals surface area contributed by atoms with Crippen molar-refractivity contribution in [1.29, 1.82) is 0 Å². The summed E-state index contributed by atoms with van der Waals surface area (Å²) >= 11 is 4.59. The smallest absolute Gasteiger partial charge is 0.271 e. The van der Waals surface area contributed by atoms with Gasteiger partial charge in [0.25, 0.3) is 10.0 Å². The quantitative estimate of drug-likeness (QED) is 0.882. The maximum Gasteiger partial charge on any atom is 0.271 e. The van der Waals surface area contributed by atoms with Crippen molar-refractivity contribution in [3.63, 3.8) is 0 Å². The summed E-state index contributed by atoms with van der Waals surface area (Å²) in [7, 11) is -3.49. The fourth-order valence-electron chi connectivity index (χ4n) is 2.40. The minimum atomic E-state index is -3.49. The number of halogens is 1. The third-order valence-corrected chi connectivity index (χ3v) is 7.44. The van der Waals surface area contributed by atoms with Crippen molar-refractivity contribution in [3.05, 3.63) is 44.7 Å². The molecule has 20 heavy (non-hydrogen) atoms. The third-order valence-electron chi connectivity index (χ3n) is 3.45. The van der Waals surface area contributed by atoms with Crippen LogP contribution in [0.3, 0.4) is 0 Å². The van der Waals surface area contributed by atoms with Gasteiger partial charge in [0.15, 0.2) is 0 Å². The van der Waals surface area contributed by atoms with Crippen LogP contribution >= 0.6 is 27.3 Å². The maximum atomic E-state index is 12.3. The minimum absolute atomic E-state index is 0.336. The van der Waals surface area contributed by atoms with Gasteiger partial charge in [-0.1, -0.05) is 6.07 Å². The number of benzene rings is 1. The van der Waals surface area contributed by atoms with Crippen LogP contribution in [-0.4, -0.2) is 8.42 Å². The van der Waals surface area contributed by atoms with Crippen molar-refractivity contribution in [2.75, 3.05) is 4.72 Å². The number of rotatable bonds is 3. The van der Waals surface area contributed by atoms with Crippen LogP contribution in [-0.2, 0) is 22.9 Å². The van der Waals surface area contributed by atoms with Crippen LogP contribution in [0.25, 0.3) is 0 Å². The van der Waals surface area contributed by atoms with Gasteiger partial charge in [-0.3, -0.25) is 4.72 Å². The Morgan fingerprint density at radius 1 is 1.20 bits per heavy atom. The van der Waals surface area contributed by atoms with E-state index in [4.69, 9.17) is 0 Å². The lowest BCUT2D eigenvalue weighted by molar-refractivity contribution is 0.603. The molecule has 1 aromatic carbocycles. The average molecular weight is 372 g/mol. The van der Waals surface area contributed by atoms with Gasteiger partial charge in [0, 0.05) is 5.69 Å². The molecule has 1 aliphatic carbocycles. The van der Waals surface area contributed by atoms with Gasteiger partial charge in [-0.2, -0.15) is 0 Å². The Kier molecular flexibility index (Phi) is 3.64. The lowest BCUT2D eigenvalue weighted by atomic mass is 10.1. The summed E-state index contributed by atoms with van der Waals surface area (Å²) in [6, 6.07) is 7.51. The van der Waals surface area contributed by atoms with Crippen LogP contribution in [0.5, 0.6) is 0 Å². The van der Waals surface area contributed by atoms with E-state index in [1.807, 2.05) is 25.1 Å². The van der Waals surface area contributed by atoms with Gasteiger partial charge < -0.3 is 0 Å². The predicted octanol–water partition coefficient (Wildman–Crippen LogP) is 4.11. The second-order valence-corrected chi connectivity index (χ2v) is 9.24. The van der Waals surface area contributed by atoms with E-state index in [1.165, 1.54) is 22.5 Å². The van der Waals surface area contributed by atoms with Crippen molar-refractivity contribution in [2.45, 2.75) is 30.4 Å². The van der Waals surface area contributed by atoms with Crippen LogP contribution in [0.15, 0.2) is 32.3 Å². The first kappa shape index (κ1) is 14.1. The predicted molar refractivity (Wildman–Crippen MR) is 86.0 cm³/mol. The molecule has 6 heteroatoms. The zero-order valence-corrected chi connectivity index (χ0v) is 14.2. The molecule has 0 saturated heterocycles. The van der Waals surface area contributed by atoms with E-state index in [0.717, 1.165) is 28.6 Å². The van der Waals surface area contributed by atoms with E-state index < -0.39 is 10.0 Å². The normalized spacial score (nSPS) is 14.3. The van der Waals surface area contributed by atoms with Gasteiger partial charge in [-0.25, -0.2) is 8.42 Å². The highest BCUT2D eigenvalue weighted by atomic mass is 79.9. The number of sulfonamides is 1. The molecule has 0 atom stereocenters. The lowest BCUT2D eigenvalue weighted by Crippen LogP contribution is -2.11. The van der Waals surface area contributed by atoms with Gasteiger partial charge in [-0.05, 0) is 77.0 Å². The van der Waals surface area contributed by atoms with E-state index in [9.17, 15) is 8.42 Å². The summed E-state index contributed by atoms with van der Waals surface area (Å²) in [6.45, 7) is 1.88. The molecule has 0 amide bonds. The molecule has 1 N–H and O–H groups in total. The van der Waals surface area contributed by atoms with Gasteiger partial charge in [0.05, 0.1) is 3.79 Å². The Bertz CT molecular complexity index is 746. The Balaban J connectivity index is 1.90. The number of fused-ring (bicyclic) bond motifs is 1. The molecule has 0 bridgehead atoms. The first-order chi connectivity index (χ1) is 9.45. The molecular weight excluding hydrogens is 358 g/mol. The fraction of sp³-hybridized carbons (Fsp3) is 0.286. The van der Waals surface area contributed by atoms with Crippen molar-refractivity contribution in [3.8, 4) is 0 Å². The summed E-state index contributed by atoms with van der Waals surface area (Å²) in [5.41, 5.74) is 4.17. The topological polar surface area (TPSA) is 46.2 Å². The summed E-state index contributed by atoms with van der Waals surface area (Å²) < 4.78 is 28.5. The third kappa shape index (κ3) is 2.64. The Labute approximate surface area is 131 Å². The fourth-order valence-corrected chi connectivity index (χ4v) is 5.68. The number of thiophene rings is 1. The number of aryl methyl sites for hydroxylation is 3. The van der Waals surface area contributed by atoms with Crippen LogP contribution < -0.4 is 4.72 Å². The summed E-state index contributed by atoms with van der Waals surface area (Å²) in [4.78, 5) is 0. The molecule has 2 aromatic rings. The molecule has 0 saturated carbocycles. The molecular formula is C14H14BrNO2S2. The Hall–Kier alpha value is -0.850. The van der Waals surface area contributed by atoms with E-state index in [-0.39, 0.29) is 0 Å². The van der Waals surface area contributed by atoms with E-state index in [0.29, 0.717) is 9.90 Å². The van der Waals surface area contributed by atoms with E-state index >= 15 is 0 Å². The van der Waals surface area contributed by atoms with Crippen LogP contribution in [0.1, 0.15) is 23.1 Å². The van der Waals surface area contributed by atoms with Gasteiger partial charge >= 0.3 is 0 Å². The first-order valence-corrected chi connectivity index (χ1v) is 9.45. The van der Waals surface area contributed by atoms with E-state index in [2.05, 4.69) is 20.7 Å². The minimum Gasteiger partial charge on any atom is -0.279 e. The Morgan fingerprint density at radius 3 is 2.65 bits per heavy atom. The van der Waals surface area contributed by atoms with Gasteiger partial charge in [-0.15, -0.1) is 11.3 Å². The second kappa shape index (κ2) is 5.16. The van der Waals surface area contributed by atoms with E-state index in [1.54, 1.807) is 6.07 Å². The maximum absolute atomic E-state index is 12.3. The monoisotopic (exact) mass is 371 g/mol. The highest BCUT2D eigenvalue weighted by Crippen LogP contribution is 2.32. The molecule has 0 aliphatic heterocycles. The highest BCUT2D eigenvalue weighted by molar-refractivity contribution is 9.11. The van der Waals surface area contributed by atoms with Crippen LogP contribution in [0.4, 0.5) is 5.69 Å². The average Bonchev–Trinajstić information content (AvgIpc) is 2.96. The molecule has 0 fully saturated rings. The van der Waals surface area contributed by atoms with Crippen molar-refractivity contribution in [1.82, 2.24) is 0 Å². The second-order valence-electron chi connectivity index (χ2n) is 4.96. The largest absolute Gasteiger partial charge is 0.279 e. The molecule has 0 unspecified atom stereocenters. The molecule has 1 heterocycles. The molecule has 106 valence electrons. The lowest BCUT2D eigenvalue weighted by Gasteiger charge is -2.08. The highest BCUT2D eigenvalue weighted by Gasteiger charge is 2.19. The molecule has 0 radical (unpaired) electrons. The van der Waals surface area contributed by atoms with Crippen LogP contribution in [0, 0.1) is 6.92 Å². The van der Waals surface area contributed by atoms with Gasteiger partial charge in [0.2, 0.25) is 0 Å². The number of hydrogen-bond acceptors (Lipinski definition) is 3. The Morgan fingerprint density at radius 2 is 1.95 bits per heavy atom. The molecule has 1 aliphatic rings. The molecule has 0 spiro atoms. The SMILES string of the molecule is Cc1cc(S(=O)(=O)Nc2ccc3c(c2)CCC3)sc1Br. The van der Waals surface area contributed by atoms with Gasteiger partial charge in [0.1, 0.15) is 4.21 Å². The number of anilines is 1. The molecule has 1 aromatic heterocycles. The zero-order chi connectivity index (χ0) is 14.3. The summed E-state index contributed by atoms with van der Waals surface area (Å²) in [5, 5.41) is 0. The van der Waals surface area contributed by atoms with Crippen molar-refractivity contribution >= 4 is 43.0 Å². The first-order valence-electron chi connectivity index (χ1n) is 6.36. The van der Waals surface area contributed by atoms with Crippen LogP contribution in [0.2, 0.25) is 0 Å². The molecule has 3 nitrogen and oxygen atoms in total.